The van der Waals surface area contributed by atoms with Crippen molar-refractivity contribution in [3.8, 4) is 0 Å². The average molecular weight is 250 g/mol. The Morgan fingerprint density at radius 1 is 1.50 bits per heavy atom. The zero-order valence-electron chi connectivity index (χ0n) is 9.68. The van der Waals surface area contributed by atoms with Gasteiger partial charge in [-0.05, 0) is 25.0 Å². The topological polar surface area (TPSA) is 110 Å². The van der Waals surface area contributed by atoms with E-state index in [1.54, 1.807) is 6.07 Å². The summed E-state index contributed by atoms with van der Waals surface area (Å²) in [5.74, 6) is -0.0572. The molecular formula is C11H14N4O3. The highest BCUT2D eigenvalue weighted by atomic mass is 16.6. The van der Waals surface area contributed by atoms with E-state index in [1.807, 2.05) is 0 Å². The van der Waals surface area contributed by atoms with Crippen LogP contribution in [0, 0.1) is 10.1 Å². The molecule has 0 aromatic heterocycles. The second-order valence-corrected chi connectivity index (χ2v) is 4.16. The molecule has 0 saturated carbocycles. The molecule has 1 aromatic rings. The fourth-order valence-electron chi connectivity index (χ4n) is 1.92. The first-order valence-corrected chi connectivity index (χ1v) is 5.66. The maximum absolute atomic E-state index is 11.5. The molecule has 1 unspecified atom stereocenters. The van der Waals surface area contributed by atoms with E-state index in [0.29, 0.717) is 12.2 Å². The first-order chi connectivity index (χ1) is 8.58. The van der Waals surface area contributed by atoms with Gasteiger partial charge in [-0.1, -0.05) is 0 Å². The molecule has 1 heterocycles. The molecule has 1 saturated heterocycles. The van der Waals surface area contributed by atoms with Crippen LogP contribution >= 0.6 is 0 Å². The van der Waals surface area contributed by atoms with Crippen LogP contribution < -0.4 is 16.4 Å². The number of amides is 1. The highest BCUT2D eigenvalue weighted by molar-refractivity contribution is 5.85. The molecule has 4 N–H and O–H groups in total. The molecule has 2 rings (SSSR count). The maximum Gasteiger partial charge on any atom is 0.292 e. The fraction of sp³-hybridized carbons (Fsp3) is 0.364. The fourth-order valence-corrected chi connectivity index (χ4v) is 1.92. The van der Waals surface area contributed by atoms with E-state index in [-0.39, 0.29) is 23.3 Å². The lowest BCUT2D eigenvalue weighted by atomic mass is 10.1. The number of nitrogens with zero attached hydrogens (tertiary/aromatic N) is 1. The zero-order chi connectivity index (χ0) is 13.1. The van der Waals surface area contributed by atoms with E-state index in [0.717, 1.165) is 12.8 Å². The minimum Gasteiger partial charge on any atom is -0.393 e. The van der Waals surface area contributed by atoms with Crippen LogP contribution in [-0.2, 0) is 4.79 Å². The Labute approximate surface area is 104 Å². The SMILES string of the molecule is Nc1cc(NC2CCCNC2=O)ccc1[N+](=O)[O-]. The number of carbonyl (C=O) groups is 1. The van der Waals surface area contributed by atoms with Crippen LogP contribution in [0.15, 0.2) is 18.2 Å². The van der Waals surface area contributed by atoms with Gasteiger partial charge in [0.25, 0.3) is 5.69 Å². The number of piperidine rings is 1. The van der Waals surface area contributed by atoms with E-state index in [1.165, 1.54) is 12.1 Å². The highest BCUT2D eigenvalue weighted by Crippen LogP contribution is 2.25. The molecule has 0 aliphatic carbocycles. The van der Waals surface area contributed by atoms with Gasteiger partial charge in [-0.25, -0.2) is 0 Å². The van der Waals surface area contributed by atoms with Crippen LogP contribution in [0.1, 0.15) is 12.8 Å². The molecule has 7 heteroatoms. The van der Waals surface area contributed by atoms with Gasteiger partial charge in [0.2, 0.25) is 5.91 Å². The van der Waals surface area contributed by atoms with Gasteiger partial charge in [-0.2, -0.15) is 0 Å². The summed E-state index contributed by atoms with van der Waals surface area (Å²) < 4.78 is 0. The maximum atomic E-state index is 11.5. The first kappa shape index (κ1) is 12.2. The Hall–Kier alpha value is -2.31. The molecule has 1 atom stereocenters. The van der Waals surface area contributed by atoms with Gasteiger partial charge in [0.1, 0.15) is 11.7 Å². The Bertz CT molecular complexity index is 489. The number of nitrogen functional groups attached to an aromatic ring is 1. The average Bonchev–Trinajstić information content (AvgIpc) is 2.32. The normalized spacial score (nSPS) is 19.1. The second-order valence-electron chi connectivity index (χ2n) is 4.16. The van der Waals surface area contributed by atoms with E-state index in [9.17, 15) is 14.9 Å². The molecule has 1 fully saturated rings. The summed E-state index contributed by atoms with van der Waals surface area (Å²) in [5, 5.41) is 16.4. The second kappa shape index (κ2) is 4.91. The van der Waals surface area contributed by atoms with E-state index >= 15 is 0 Å². The Kier molecular flexibility index (Phi) is 3.31. The predicted octanol–water partition coefficient (Wildman–Crippen LogP) is 0.867. The molecule has 0 radical (unpaired) electrons. The lowest BCUT2D eigenvalue weighted by molar-refractivity contribution is -0.383. The lowest BCUT2D eigenvalue weighted by Crippen LogP contribution is -2.44. The number of nitrogens with one attached hydrogen (secondary N) is 2. The predicted molar refractivity (Wildman–Crippen MR) is 67.2 cm³/mol. The number of hydrogen-bond donors (Lipinski definition) is 3. The number of anilines is 2. The van der Waals surface area contributed by atoms with Crippen LogP contribution in [0.5, 0.6) is 0 Å². The van der Waals surface area contributed by atoms with Crippen LogP contribution in [0.25, 0.3) is 0 Å². The molecule has 0 bridgehead atoms. The minimum absolute atomic E-state index is 0.0572. The molecule has 1 aliphatic heterocycles. The third-order valence-corrected chi connectivity index (χ3v) is 2.85. The summed E-state index contributed by atoms with van der Waals surface area (Å²) >= 11 is 0. The number of nitro benzene ring substituents is 1. The highest BCUT2D eigenvalue weighted by Gasteiger charge is 2.22. The summed E-state index contributed by atoms with van der Waals surface area (Å²) in [4.78, 5) is 21.6. The monoisotopic (exact) mass is 250 g/mol. The van der Waals surface area contributed by atoms with Crippen molar-refractivity contribution in [2.24, 2.45) is 0 Å². The van der Waals surface area contributed by atoms with Gasteiger partial charge in [0.05, 0.1) is 4.92 Å². The van der Waals surface area contributed by atoms with E-state index in [4.69, 9.17) is 5.73 Å². The molecule has 1 aliphatic rings. The molecular weight excluding hydrogens is 236 g/mol. The Morgan fingerprint density at radius 2 is 2.28 bits per heavy atom. The number of nitrogens with two attached hydrogens (primary N) is 1. The van der Waals surface area contributed by atoms with E-state index < -0.39 is 4.92 Å². The van der Waals surface area contributed by atoms with Gasteiger partial charge in [-0.15, -0.1) is 0 Å². The van der Waals surface area contributed by atoms with E-state index in [2.05, 4.69) is 10.6 Å². The lowest BCUT2D eigenvalue weighted by Gasteiger charge is -2.23. The summed E-state index contributed by atoms with van der Waals surface area (Å²) in [6, 6.07) is 4.05. The van der Waals surface area contributed by atoms with Gasteiger partial charge in [-0.3, -0.25) is 14.9 Å². The van der Waals surface area contributed by atoms with Gasteiger partial charge in [0, 0.05) is 18.3 Å². The smallest absolute Gasteiger partial charge is 0.292 e. The molecule has 18 heavy (non-hydrogen) atoms. The first-order valence-electron chi connectivity index (χ1n) is 5.66. The molecule has 1 aromatic carbocycles. The summed E-state index contributed by atoms with van der Waals surface area (Å²) in [6.45, 7) is 0.694. The van der Waals surface area contributed by atoms with Gasteiger partial charge in [0.15, 0.2) is 0 Å². The quantitative estimate of drug-likeness (QED) is 0.419. The largest absolute Gasteiger partial charge is 0.393 e. The van der Waals surface area contributed by atoms with Crippen molar-refractivity contribution in [2.45, 2.75) is 18.9 Å². The van der Waals surface area contributed by atoms with Crippen molar-refractivity contribution in [1.82, 2.24) is 5.32 Å². The van der Waals surface area contributed by atoms with Crippen LogP contribution in [0.2, 0.25) is 0 Å². The van der Waals surface area contributed by atoms with Crippen molar-refractivity contribution in [3.05, 3.63) is 28.3 Å². The van der Waals surface area contributed by atoms with Crippen molar-refractivity contribution in [1.29, 1.82) is 0 Å². The van der Waals surface area contributed by atoms with Crippen LogP contribution in [0.4, 0.5) is 17.1 Å². The summed E-state index contributed by atoms with van der Waals surface area (Å²) in [7, 11) is 0. The minimum atomic E-state index is -0.535. The van der Waals surface area contributed by atoms with Crippen LogP contribution in [-0.4, -0.2) is 23.4 Å². The van der Waals surface area contributed by atoms with Gasteiger partial charge >= 0.3 is 0 Å². The number of benzene rings is 1. The van der Waals surface area contributed by atoms with Crippen molar-refractivity contribution >= 4 is 23.0 Å². The molecule has 96 valence electrons. The van der Waals surface area contributed by atoms with Crippen LogP contribution in [0.3, 0.4) is 0 Å². The van der Waals surface area contributed by atoms with Crippen molar-refractivity contribution < 1.29 is 9.72 Å². The number of nitro groups is 1. The Morgan fingerprint density at radius 3 is 2.89 bits per heavy atom. The summed E-state index contributed by atoms with van der Waals surface area (Å²) in [5.41, 5.74) is 6.14. The third kappa shape index (κ3) is 2.50. The number of carbonyl (C=O) groups excluding carboxylic acids is 1. The standard InChI is InChI=1S/C11H14N4O3/c12-8-6-7(3-4-10(8)15(17)18)14-9-2-1-5-13-11(9)16/h3-4,6,9,14H,1-2,5,12H2,(H,13,16). The molecule has 7 nitrogen and oxygen atoms in total. The zero-order valence-corrected chi connectivity index (χ0v) is 9.68. The number of rotatable bonds is 3. The third-order valence-electron chi connectivity index (χ3n) is 2.85. The van der Waals surface area contributed by atoms with Crippen molar-refractivity contribution in [2.75, 3.05) is 17.6 Å². The van der Waals surface area contributed by atoms with Gasteiger partial charge < -0.3 is 16.4 Å². The molecule has 0 spiro atoms. The Balaban J connectivity index is 2.12. The summed E-state index contributed by atoms with van der Waals surface area (Å²) in [6.07, 6.45) is 1.65. The molecule has 1 amide bonds. The number of hydrogen-bond acceptors (Lipinski definition) is 5. The van der Waals surface area contributed by atoms with Crippen molar-refractivity contribution in [3.63, 3.8) is 0 Å².